The zero-order valence-electron chi connectivity index (χ0n) is 22.3. The molecule has 0 fully saturated rings. The summed E-state index contributed by atoms with van der Waals surface area (Å²) in [6, 6.07) is 13.8. The number of hydrogen-bond donors (Lipinski definition) is 1. The van der Waals surface area contributed by atoms with Gasteiger partial charge in [0.05, 0.1) is 25.3 Å². The van der Waals surface area contributed by atoms with Crippen molar-refractivity contribution >= 4 is 36.1 Å². The standard InChI is InChI=1S/C31H26FN3O5/c1-18-20(11-25(32)27-12-29(39-3)21(16-36)14-33-27)7-5-8-23(18)24-9-6-10-26(19(24)2)35-31(38)28-13-30(40-4)22(17-37)15-34-28/h5-17H,1-4H3,(H,35,38)/b25-11-. The number of benzene rings is 2. The zero-order valence-corrected chi connectivity index (χ0v) is 22.3. The largest absolute Gasteiger partial charge is 0.496 e. The van der Waals surface area contributed by atoms with Gasteiger partial charge >= 0.3 is 0 Å². The maximum Gasteiger partial charge on any atom is 0.274 e. The van der Waals surface area contributed by atoms with Crippen LogP contribution in [0.5, 0.6) is 11.5 Å². The van der Waals surface area contributed by atoms with E-state index in [9.17, 15) is 14.4 Å². The molecule has 0 spiro atoms. The fourth-order valence-electron chi connectivity index (χ4n) is 4.24. The van der Waals surface area contributed by atoms with E-state index in [2.05, 4.69) is 15.3 Å². The van der Waals surface area contributed by atoms with E-state index in [1.807, 2.05) is 38.1 Å². The van der Waals surface area contributed by atoms with Crippen molar-refractivity contribution in [2.75, 3.05) is 19.5 Å². The van der Waals surface area contributed by atoms with Crippen LogP contribution in [0.15, 0.2) is 60.9 Å². The fourth-order valence-corrected chi connectivity index (χ4v) is 4.24. The highest BCUT2D eigenvalue weighted by Gasteiger charge is 2.16. The first-order chi connectivity index (χ1) is 19.3. The van der Waals surface area contributed by atoms with Crippen LogP contribution in [0.3, 0.4) is 0 Å². The smallest absolute Gasteiger partial charge is 0.274 e. The van der Waals surface area contributed by atoms with Gasteiger partial charge in [-0.2, -0.15) is 0 Å². The molecule has 40 heavy (non-hydrogen) atoms. The fraction of sp³-hybridized carbons (Fsp3) is 0.129. The third-order valence-corrected chi connectivity index (χ3v) is 6.49. The third kappa shape index (κ3) is 5.63. The second-order valence-corrected chi connectivity index (χ2v) is 8.80. The van der Waals surface area contributed by atoms with Gasteiger partial charge in [0.2, 0.25) is 0 Å². The third-order valence-electron chi connectivity index (χ3n) is 6.49. The topological polar surface area (TPSA) is 107 Å². The number of aldehydes is 2. The number of ether oxygens (including phenoxy) is 2. The van der Waals surface area contributed by atoms with Gasteiger partial charge in [-0.1, -0.05) is 30.3 Å². The van der Waals surface area contributed by atoms with Crippen molar-refractivity contribution in [3.8, 4) is 22.6 Å². The average Bonchev–Trinajstić information content (AvgIpc) is 2.98. The van der Waals surface area contributed by atoms with Gasteiger partial charge in [-0.25, -0.2) is 4.39 Å². The summed E-state index contributed by atoms with van der Waals surface area (Å²) in [4.78, 5) is 43.3. The summed E-state index contributed by atoms with van der Waals surface area (Å²) in [5.74, 6) is -0.564. The maximum absolute atomic E-state index is 15.2. The highest BCUT2D eigenvalue weighted by Crippen LogP contribution is 2.34. The first-order valence-electron chi connectivity index (χ1n) is 12.2. The molecule has 8 nitrogen and oxygen atoms in total. The molecule has 4 aromatic rings. The first kappa shape index (κ1) is 27.8. The number of methoxy groups -OCH3 is 2. The Hall–Kier alpha value is -5.18. The Balaban J connectivity index is 1.66. The minimum atomic E-state index is -0.586. The van der Waals surface area contributed by atoms with Gasteiger partial charge in [-0.3, -0.25) is 24.4 Å². The number of rotatable bonds is 9. The molecule has 2 heterocycles. The van der Waals surface area contributed by atoms with E-state index in [4.69, 9.17) is 9.47 Å². The Morgan fingerprint density at radius 2 is 1.35 bits per heavy atom. The van der Waals surface area contributed by atoms with Crippen LogP contribution < -0.4 is 14.8 Å². The van der Waals surface area contributed by atoms with Crippen molar-refractivity contribution in [2.24, 2.45) is 0 Å². The Kier molecular flexibility index (Phi) is 8.44. The van der Waals surface area contributed by atoms with Crippen LogP contribution in [0.1, 0.15) is 53.6 Å². The number of pyridine rings is 2. The van der Waals surface area contributed by atoms with Crippen LogP contribution in [0.4, 0.5) is 10.1 Å². The molecular weight excluding hydrogens is 513 g/mol. The summed E-state index contributed by atoms with van der Waals surface area (Å²) < 4.78 is 25.5. The number of hydrogen-bond acceptors (Lipinski definition) is 7. The molecule has 0 unspecified atom stereocenters. The Morgan fingerprint density at radius 3 is 1.95 bits per heavy atom. The van der Waals surface area contributed by atoms with Crippen molar-refractivity contribution in [3.05, 3.63) is 100 Å². The molecule has 1 amide bonds. The molecule has 0 aliphatic carbocycles. The van der Waals surface area contributed by atoms with Crippen molar-refractivity contribution < 1.29 is 28.2 Å². The average molecular weight is 540 g/mol. The van der Waals surface area contributed by atoms with E-state index in [1.165, 1.54) is 44.8 Å². The van der Waals surface area contributed by atoms with Gasteiger partial charge in [0.25, 0.3) is 5.91 Å². The van der Waals surface area contributed by atoms with Crippen LogP contribution >= 0.6 is 0 Å². The van der Waals surface area contributed by atoms with Gasteiger partial charge < -0.3 is 14.8 Å². The lowest BCUT2D eigenvalue weighted by Crippen LogP contribution is -2.15. The number of carbonyl (C=O) groups is 3. The predicted octanol–water partition coefficient (Wildman–Crippen LogP) is 6.12. The van der Waals surface area contributed by atoms with Crippen LogP contribution in [0, 0.1) is 13.8 Å². The van der Waals surface area contributed by atoms with E-state index in [-0.39, 0.29) is 34.0 Å². The van der Waals surface area contributed by atoms with Crippen molar-refractivity contribution in [1.82, 2.24) is 9.97 Å². The second-order valence-electron chi connectivity index (χ2n) is 8.80. The quantitative estimate of drug-likeness (QED) is 0.255. The maximum atomic E-state index is 15.2. The molecule has 1 N–H and O–H groups in total. The van der Waals surface area contributed by atoms with E-state index in [0.29, 0.717) is 23.8 Å². The summed E-state index contributed by atoms with van der Waals surface area (Å²) in [7, 11) is 2.81. The molecule has 0 atom stereocenters. The number of halogens is 1. The Bertz CT molecular complexity index is 1650. The van der Waals surface area contributed by atoms with Crippen molar-refractivity contribution in [3.63, 3.8) is 0 Å². The number of nitrogens with one attached hydrogen (secondary N) is 1. The number of nitrogens with zero attached hydrogens (tertiary/aromatic N) is 2. The van der Waals surface area contributed by atoms with Gasteiger partial charge in [0.15, 0.2) is 12.6 Å². The van der Waals surface area contributed by atoms with Gasteiger partial charge in [-0.15, -0.1) is 0 Å². The Morgan fingerprint density at radius 1 is 0.800 bits per heavy atom. The van der Waals surface area contributed by atoms with E-state index in [0.717, 1.165) is 22.3 Å². The minimum Gasteiger partial charge on any atom is -0.496 e. The lowest BCUT2D eigenvalue weighted by molar-refractivity contribution is 0.101. The summed E-state index contributed by atoms with van der Waals surface area (Å²) in [6.45, 7) is 3.76. The molecule has 0 saturated heterocycles. The summed E-state index contributed by atoms with van der Waals surface area (Å²) in [6.07, 6.45) is 5.14. The highest BCUT2D eigenvalue weighted by molar-refractivity contribution is 6.04. The zero-order chi connectivity index (χ0) is 28.8. The molecular formula is C31H26FN3O5. The number of amides is 1. The molecule has 9 heteroatoms. The summed E-state index contributed by atoms with van der Waals surface area (Å²) in [5.41, 5.74) is 5.13. The number of carbonyl (C=O) groups excluding carboxylic acids is 3. The number of aromatic nitrogens is 2. The van der Waals surface area contributed by atoms with Gasteiger partial charge in [-0.05, 0) is 53.8 Å². The summed E-state index contributed by atoms with van der Waals surface area (Å²) in [5, 5.41) is 2.87. The monoisotopic (exact) mass is 539 g/mol. The molecule has 0 aliphatic rings. The van der Waals surface area contributed by atoms with Crippen LogP contribution in [0.25, 0.3) is 23.0 Å². The molecule has 0 aliphatic heterocycles. The molecule has 202 valence electrons. The lowest BCUT2D eigenvalue weighted by atomic mass is 9.92. The molecule has 4 rings (SSSR count). The molecule has 2 aromatic carbocycles. The summed E-state index contributed by atoms with van der Waals surface area (Å²) >= 11 is 0. The second kappa shape index (κ2) is 12.1. The van der Waals surface area contributed by atoms with E-state index in [1.54, 1.807) is 12.1 Å². The van der Waals surface area contributed by atoms with Crippen LogP contribution in [-0.2, 0) is 0 Å². The SMILES string of the molecule is COc1cc(C(=O)Nc2cccc(-c3cccc(/C=C(\F)c4cc(OC)c(C=O)cn4)c3C)c2C)ncc1C=O. The lowest BCUT2D eigenvalue weighted by Gasteiger charge is -2.16. The molecule has 2 aromatic heterocycles. The molecule has 0 bridgehead atoms. The van der Waals surface area contributed by atoms with Crippen molar-refractivity contribution in [2.45, 2.75) is 13.8 Å². The Labute approximate surface area is 230 Å². The van der Waals surface area contributed by atoms with E-state index >= 15 is 4.39 Å². The molecule has 0 radical (unpaired) electrons. The van der Waals surface area contributed by atoms with Crippen LogP contribution in [0.2, 0.25) is 0 Å². The minimum absolute atomic E-state index is 0.0413. The number of anilines is 1. The predicted molar refractivity (Wildman–Crippen MR) is 151 cm³/mol. The van der Waals surface area contributed by atoms with Crippen molar-refractivity contribution in [1.29, 1.82) is 0 Å². The van der Waals surface area contributed by atoms with Crippen LogP contribution in [-0.4, -0.2) is 42.7 Å². The van der Waals surface area contributed by atoms with E-state index < -0.39 is 11.7 Å². The molecule has 0 saturated carbocycles. The van der Waals surface area contributed by atoms with Gasteiger partial charge in [0.1, 0.15) is 28.7 Å². The highest BCUT2D eigenvalue weighted by atomic mass is 19.1. The first-order valence-corrected chi connectivity index (χ1v) is 12.2. The van der Waals surface area contributed by atoms with Gasteiger partial charge in [0, 0.05) is 30.2 Å². The normalized spacial score (nSPS) is 11.1.